The standard InChI is InChI=1S/C16H16NO.C12H18.C9H20.C3H6.C2H6/c1-12-3-8-16-14(9-12)11-17(16)10-13-4-6-15(18-2)7-5-13;1-6-8-12(10(3)4)9-11(5)7-2;1-4-5-6-7-8-9(2)3;1-3-2;1-2/h3-9,11H,10H2,1-2H3;6-9H,2H2,1,3-5H3;9H,4-8H2,1-3H3;3H,1H2,2H3;1-2H3/q+1;;;;/b;8-6-,11-9-;;;. The Balaban J connectivity index is 0. The zero-order chi connectivity index (χ0) is 33.9. The molecule has 0 N–H and O–H groups in total. The van der Waals surface area contributed by atoms with E-state index in [-0.39, 0.29) is 0 Å². The number of aryl methyl sites for hydroxylation is 1. The molecule has 0 aliphatic carbocycles. The Hall–Kier alpha value is -3.39. The molecule has 1 aliphatic heterocycles. The first-order valence-electron chi connectivity index (χ1n) is 16.6. The summed E-state index contributed by atoms with van der Waals surface area (Å²) >= 11 is 0. The Morgan fingerprint density at radius 1 is 0.932 bits per heavy atom. The van der Waals surface area contributed by atoms with E-state index in [0.29, 0.717) is 0 Å². The highest BCUT2D eigenvalue weighted by molar-refractivity contribution is 5.88. The molecule has 1 aliphatic rings. The van der Waals surface area contributed by atoms with Gasteiger partial charge in [0.15, 0.2) is 12.8 Å². The van der Waals surface area contributed by atoms with E-state index in [1.54, 1.807) is 13.2 Å². The van der Waals surface area contributed by atoms with Gasteiger partial charge in [0.05, 0.1) is 7.11 Å². The Kier molecular flexibility index (Phi) is 26.4. The fraction of sp³-hybridized carbons (Fsp3) is 0.452. The van der Waals surface area contributed by atoms with Crippen molar-refractivity contribution in [3.8, 4) is 5.75 Å². The lowest BCUT2D eigenvalue weighted by atomic mass is 10.0. The van der Waals surface area contributed by atoms with Crippen LogP contribution in [0.25, 0.3) is 0 Å². The first-order valence-corrected chi connectivity index (χ1v) is 16.6. The average molecular weight is 601 g/mol. The lowest BCUT2D eigenvalue weighted by Gasteiger charge is -2.13. The molecule has 0 unspecified atom stereocenters. The number of methoxy groups -OCH3 is 1. The summed E-state index contributed by atoms with van der Waals surface area (Å²) < 4.78 is 7.44. The zero-order valence-electron chi connectivity index (χ0n) is 30.6. The molecule has 2 aromatic rings. The molecular formula is C42H66NO+. The van der Waals surface area contributed by atoms with E-state index < -0.39 is 0 Å². The maximum atomic E-state index is 5.16. The van der Waals surface area contributed by atoms with Crippen molar-refractivity contribution in [2.75, 3.05) is 7.11 Å². The Morgan fingerprint density at radius 2 is 1.55 bits per heavy atom. The number of allylic oxidation sites excluding steroid dienone is 8. The highest BCUT2D eigenvalue weighted by Gasteiger charge is 2.24. The minimum absolute atomic E-state index is 0.904. The molecule has 3 rings (SSSR count). The van der Waals surface area contributed by atoms with Gasteiger partial charge in [0.1, 0.15) is 11.3 Å². The van der Waals surface area contributed by atoms with Crippen LogP contribution in [0.1, 0.15) is 118 Å². The third-order valence-electron chi connectivity index (χ3n) is 6.56. The third kappa shape index (κ3) is 19.7. The number of fused-ring (bicyclic) bond motifs is 1. The summed E-state index contributed by atoms with van der Waals surface area (Å²) in [6.45, 7) is 31.2. The largest absolute Gasteiger partial charge is 0.497 e. The lowest BCUT2D eigenvalue weighted by Crippen LogP contribution is -2.18. The van der Waals surface area contributed by atoms with Gasteiger partial charge in [-0.25, -0.2) is 0 Å². The van der Waals surface area contributed by atoms with Gasteiger partial charge in [-0.15, -0.1) is 6.58 Å². The molecule has 0 bridgehead atoms. The number of hydrogen-bond donors (Lipinski definition) is 0. The summed E-state index contributed by atoms with van der Waals surface area (Å²) in [5.41, 5.74) is 9.06. The molecule has 2 heteroatoms. The summed E-state index contributed by atoms with van der Waals surface area (Å²) in [6.07, 6.45) is 19.2. The second kappa shape index (κ2) is 27.2. The van der Waals surface area contributed by atoms with Gasteiger partial charge in [0.2, 0.25) is 5.69 Å². The van der Waals surface area contributed by atoms with Crippen LogP contribution in [-0.2, 0) is 6.54 Å². The highest BCUT2D eigenvalue weighted by Crippen LogP contribution is 2.27. The van der Waals surface area contributed by atoms with E-state index in [1.165, 1.54) is 71.2 Å². The van der Waals surface area contributed by atoms with Crippen molar-refractivity contribution in [2.24, 2.45) is 5.92 Å². The van der Waals surface area contributed by atoms with Crippen molar-refractivity contribution in [3.05, 3.63) is 119 Å². The fourth-order valence-electron chi connectivity index (χ4n) is 4.09. The van der Waals surface area contributed by atoms with Gasteiger partial charge in [0.25, 0.3) is 0 Å². The maximum Gasteiger partial charge on any atom is 0.218 e. The number of benzene rings is 2. The van der Waals surface area contributed by atoms with Gasteiger partial charge in [0, 0.05) is 11.6 Å². The molecule has 0 aromatic heterocycles. The van der Waals surface area contributed by atoms with E-state index in [2.05, 4.69) is 121 Å². The van der Waals surface area contributed by atoms with Crippen LogP contribution in [-0.4, -0.2) is 17.9 Å². The molecule has 2 nitrogen and oxygen atoms in total. The van der Waals surface area contributed by atoms with Crippen LogP contribution in [0, 0.1) is 12.8 Å². The maximum absolute atomic E-state index is 5.16. The fourth-order valence-corrected chi connectivity index (χ4v) is 4.09. The summed E-state index contributed by atoms with van der Waals surface area (Å²) in [5, 5.41) is 0. The van der Waals surface area contributed by atoms with Crippen LogP contribution in [0.4, 0.5) is 5.69 Å². The topological polar surface area (TPSA) is 12.2 Å². The van der Waals surface area contributed by atoms with Crippen molar-refractivity contribution in [1.29, 1.82) is 0 Å². The number of nitrogens with zero attached hydrogens (tertiary/aromatic N) is 1. The molecule has 0 amide bonds. The first kappa shape index (κ1) is 42.7. The first-order chi connectivity index (χ1) is 21.1. The van der Waals surface area contributed by atoms with E-state index >= 15 is 0 Å². The van der Waals surface area contributed by atoms with Crippen LogP contribution < -0.4 is 4.74 Å². The van der Waals surface area contributed by atoms with Crippen LogP contribution in [0.5, 0.6) is 5.75 Å². The minimum Gasteiger partial charge on any atom is -0.497 e. The highest BCUT2D eigenvalue weighted by atomic mass is 16.5. The average Bonchev–Trinajstić information content (AvgIpc) is 3.00. The SMILES string of the molecule is C=C/C(C)=C\C(/C=C\C)=C(C)C.C=CC.CC.CCCCCCC(C)C.COc1ccc(C[N+]2=Cc3cc(C)ccc32)cc1. The van der Waals surface area contributed by atoms with Crippen LogP contribution in [0.3, 0.4) is 0 Å². The monoisotopic (exact) mass is 601 g/mol. The van der Waals surface area contributed by atoms with E-state index in [4.69, 9.17) is 4.74 Å². The van der Waals surface area contributed by atoms with Crippen molar-refractivity contribution in [1.82, 2.24) is 0 Å². The molecule has 0 atom stereocenters. The Morgan fingerprint density at radius 3 is 2.00 bits per heavy atom. The molecule has 0 spiro atoms. The van der Waals surface area contributed by atoms with E-state index in [1.807, 2.05) is 45.9 Å². The predicted octanol–water partition coefficient (Wildman–Crippen LogP) is 13.1. The molecule has 0 radical (unpaired) electrons. The van der Waals surface area contributed by atoms with Gasteiger partial charge < -0.3 is 4.74 Å². The number of unbranched alkanes of at least 4 members (excludes halogenated alkanes) is 3. The van der Waals surface area contributed by atoms with Gasteiger partial charge in [-0.05, 0) is 88.9 Å². The van der Waals surface area contributed by atoms with Gasteiger partial charge >= 0.3 is 0 Å². The second-order valence-electron chi connectivity index (χ2n) is 11.4. The summed E-state index contributed by atoms with van der Waals surface area (Å²) in [5.74, 6) is 1.81. The van der Waals surface area contributed by atoms with E-state index in [9.17, 15) is 0 Å². The molecule has 1 heterocycles. The number of rotatable bonds is 11. The predicted molar refractivity (Wildman–Crippen MR) is 201 cm³/mol. The number of hydrogen-bond acceptors (Lipinski definition) is 1. The second-order valence-corrected chi connectivity index (χ2v) is 11.4. The third-order valence-corrected chi connectivity index (χ3v) is 6.56. The molecule has 0 saturated heterocycles. The molecule has 2 aromatic carbocycles. The normalized spacial score (nSPS) is 10.9. The molecule has 0 saturated carbocycles. The smallest absolute Gasteiger partial charge is 0.218 e. The lowest BCUT2D eigenvalue weighted by molar-refractivity contribution is -0.464. The zero-order valence-corrected chi connectivity index (χ0v) is 30.6. The molecule has 244 valence electrons. The van der Waals surface area contributed by atoms with Gasteiger partial charge in [-0.3, -0.25) is 0 Å². The van der Waals surface area contributed by atoms with Crippen molar-refractivity contribution >= 4 is 11.9 Å². The van der Waals surface area contributed by atoms with Crippen LogP contribution >= 0.6 is 0 Å². The molecule has 44 heavy (non-hydrogen) atoms. The Labute approximate surface area is 273 Å². The number of ether oxygens (including phenoxy) is 1. The minimum atomic E-state index is 0.904. The van der Waals surface area contributed by atoms with Crippen molar-refractivity contribution in [3.63, 3.8) is 0 Å². The quantitative estimate of drug-likeness (QED) is 0.108. The summed E-state index contributed by atoms with van der Waals surface area (Å²) in [7, 11) is 1.69. The molecular weight excluding hydrogens is 534 g/mol. The van der Waals surface area contributed by atoms with Crippen molar-refractivity contribution < 1.29 is 9.31 Å². The van der Waals surface area contributed by atoms with Gasteiger partial charge in [-0.1, -0.05) is 121 Å². The summed E-state index contributed by atoms with van der Waals surface area (Å²) in [4.78, 5) is 0. The van der Waals surface area contributed by atoms with E-state index in [0.717, 1.165) is 18.2 Å². The van der Waals surface area contributed by atoms with Crippen molar-refractivity contribution in [2.45, 2.75) is 115 Å². The molecule has 0 fully saturated rings. The van der Waals surface area contributed by atoms with Gasteiger partial charge in [-0.2, -0.15) is 4.58 Å². The van der Waals surface area contributed by atoms with Crippen LogP contribution in [0.15, 0.2) is 103 Å². The van der Waals surface area contributed by atoms with Crippen LogP contribution in [0.2, 0.25) is 0 Å². The Bertz CT molecular complexity index is 1170. The summed E-state index contributed by atoms with van der Waals surface area (Å²) in [6, 6.07) is 14.8.